The number of nitrogens with one attached hydrogen (secondary N) is 1. The fourth-order valence-electron chi connectivity index (χ4n) is 2.20. The molecule has 1 atom stereocenters. The molecule has 104 valence electrons. The Balaban J connectivity index is 1.74. The number of hydrogen-bond acceptors (Lipinski definition) is 4. The summed E-state index contributed by atoms with van der Waals surface area (Å²) in [6.07, 6.45) is 2.40. The maximum absolute atomic E-state index is 5.34. The van der Waals surface area contributed by atoms with E-state index in [9.17, 15) is 0 Å². The molecule has 18 heavy (non-hydrogen) atoms. The predicted octanol–water partition coefficient (Wildman–Crippen LogP) is 1.57. The van der Waals surface area contributed by atoms with Crippen LogP contribution in [0.1, 0.15) is 26.7 Å². The fraction of sp³-hybridized carbons (Fsp3) is 0.923. The molecule has 2 aliphatic heterocycles. The zero-order chi connectivity index (χ0) is 12.8. The van der Waals surface area contributed by atoms with Gasteiger partial charge in [-0.25, -0.2) is 0 Å². The summed E-state index contributed by atoms with van der Waals surface area (Å²) in [5.41, 5.74) is 0.253. The monoisotopic (exact) mass is 271 g/mol. The summed E-state index contributed by atoms with van der Waals surface area (Å²) >= 11 is 1.86. The van der Waals surface area contributed by atoms with Gasteiger partial charge >= 0.3 is 0 Å². The highest BCUT2D eigenvalue weighted by Gasteiger charge is 2.27. The number of morpholine rings is 1. The first kappa shape index (κ1) is 14.2. The molecule has 0 radical (unpaired) electrons. The highest BCUT2D eigenvalue weighted by Crippen LogP contribution is 2.24. The van der Waals surface area contributed by atoms with E-state index in [1.54, 1.807) is 0 Å². The molecule has 0 amide bonds. The third-order valence-corrected chi connectivity index (χ3v) is 4.77. The molecule has 1 unspecified atom stereocenters. The van der Waals surface area contributed by atoms with E-state index in [0.717, 1.165) is 51.0 Å². The quantitative estimate of drug-likeness (QED) is 0.842. The first-order valence-electron chi connectivity index (χ1n) is 6.97. The summed E-state index contributed by atoms with van der Waals surface area (Å²) in [6.45, 7) is 10.3. The van der Waals surface area contributed by atoms with Gasteiger partial charge in [0.15, 0.2) is 5.17 Å². The third kappa shape index (κ3) is 4.14. The molecule has 1 N–H and O–H groups in total. The van der Waals surface area contributed by atoms with Gasteiger partial charge in [0.05, 0.1) is 19.8 Å². The Labute approximate surface area is 115 Å². The van der Waals surface area contributed by atoms with Gasteiger partial charge in [0, 0.05) is 30.9 Å². The van der Waals surface area contributed by atoms with E-state index >= 15 is 0 Å². The second-order valence-electron chi connectivity index (χ2n) is 5.28. The van der Waals surface area contributed by atoms with Crippen LogP contribution in [0.2, 0.25) is 0 Å². The number of amidine groups is 1. The molecule has 4 nitrogen and oxygen atoms in total. The Kier molecular flexibility index (Phi) is 5.33. The summed E-state index contributed by atoms with van der Waals surface area (Å²) in [7, 11) is 0. The van der Waals surface area contributed by atoms with Gasteiger partial charge in [-0.2, -0.15) is 0 Å². The van der Waals surface area contributed by atoms with Gasteiger partial charge in [-0.15, -0.1) is 0 Å². The molecule has 0 aromatic heterocycles. The summed E-state index contributed by atoms with van der Waals surface area (Å²) in [4.78, 5) is 7.14. The van der Waals surface area contributed by atoms with Crippen molar-refractivity contribution in [3.05, 3.63) is 0 Å². The average Bonchev–Trinajstić information content (AvgIpc) is 2.40. The van der Waals surface area contributed by atoms with Gasteiger partial charge in [-0.1, -0.05) is 18.7 Å². The molecule has 0 aromatic rings. The molecule has 2 fully saturated rings. The summed E-state index contributed by atoms with van der Waals surface area (Å²) in [5.74, 6) is 1.19. The highest BCUT2D eigenvalue weighted by atomic mass is 32.2. The van der Waals surface area contributed by atoms with Crippen LogP contribution in [0.5, 0.6) is 0 Å². The zero-order valence-electron chi connectivity index (χ0n) is 11.6. The lowest BCUT2D eigenvalue weighted by Crippen LogP contribution is -2.48. The first-order valence-corrected chi connectivity index (χ1v) is 7.96. The van der Waals surface area contributed by atoms with Crippen molar-refractivity contribution >= 4 is 16.9 Å². The van der Waals surface area contributed by atoms with Crippen LogP contribution in [0, 0.1) is 0 Å². The van der Waals surface area contributed by atoms with Crippen molar-refractivity contribution in [1.82, 2.24) is 10.2 Å². The minimum absolute atomic E-state index is 0.253. The van der Waals surface area contributed by atoms with E-state index in [4.69, 9.17) is 9.73 Å². The van der Waals surface area contributed by atoms with Crippen LogP contribution in [-0.4, -0.2) is 60.8 Å². The van der Waals surface area contributed by atoms with E-state index in [-0.39, 0.29) is 5.54 Å². The number of nitrogens with zero attached hydrogens (tertiary/aromatic N) is 2. The lowest BCUT2D eigenvalue weighted by molar-refractivity contribution is 0.0394. The summed E-state index contributed by atoms with van der Waals surface area (Å²) < 4.78 is 5.34. The Bertz CT molecular complexity index is 292. The number of thioether (sulfide) groups is 1. The predicted molar refractivity (Wildman–Crippen MR) is 78.5 cm³/mol. The van der Waals surface area contributed by atoms with Crippen LogP contribution in [0.15, 0.2) is 4.99 Å². The smallest absolute Gasteiger partial charge is 0.157 e. The minimum Gasteiger partial charge on any atom is -0.379 e. The standard InChI is InChI=1S/C13H25N3OS/c1-3-13(2)4-11-18-12(15-13)14-5-6-16-7-9-17-10-8-16/h3-11H2,1-2H3,(H,14,15). The van der Waals surface area contributed by atoms with Gasteiger partial charge in [-0.05, 0) is 19.8 Å². The molecular formula is C13H25N3OS. The number of hydrogen-bond donors (Lipinski definition) is 1. The van der Waals surface area contributed by atoms with Crippen LogP contribution < -0.4 is 5.32 Å². The summed E-state index contributed by atoms with van der Waals surface area (Å²) in [6, 6.07) is 0. The molecule has 2 saturated heterocycles. The number of ether oxygens (including phenoxy) is 1. The second kappa shape index (κ2) is 6.78. The Morgan fingerprint density at radius 1 is 1.44 bits per heavy atom. The average molecular weight is 271 g/mol. The lowest BCUT2D eigenvalue weighted by atomic mass is 9.96. The normalized spacial score (nSPS) is 32.4. The van der Waals surface area contributed by atoms with Crippen LogP contribution in [0.3, 0.4) is 0 Å². The Morgan fingerprint density at radius 2 is 2.22 bits per heavy atom. The first-order chi connectivity index (χ1) is 8.72. The fourth-order valence-corrected chi connectivity index (χ4v) is 3.44. The van der Waals surface area contributed by atoms with E-state index in [1.807, 2.05) is 11.8 Å². The molecule has 0 aromatic carbocycles. The van der Waals surface area contributed by atoms with Gasteiger partial charge in [0.25, 0.3) is 0 Å². The zero-order valence-corrected chi connectivity index (χ0v) is 12.4. The topological polar surface area (TPSA) is 36.9 Å². The molecule has 2 aliphatic rings. The van der Waals surface area contributed by atoms with E-state index in [1.165, 1.54) is 12.2 Å². The van der Waals surface area contributed by atoms with Crippen molar-refractivity contribution < 1.29 is 4.74 Å². The van der Waals surface area contributed by atoms with Crippen molar-refractivity contribution in [2.75, 3.05) is 45.1 Å². The van der Waals surface area contributed by atoms with Gasteiger partial charge in [-0.3, -0.25) is 9.89 Å². The molecular weight excluding hydrogens is 246 g/mol. The molecule has 0 aliphatic carbocycles. The molecule has 0 bridgehead atoms. The van der Waals surface area contributed by atoms with Crippen molar-refractivity contribution in [2.24, 2.45) is 4.99 Å². The maximum atomic E-state index is 5.34. The molecule has 2 heterocycles. The molecule has 0 spiro atoms. The van der Waals surface area contributed by atoms with Crippen molar-refractivity contribution in [2.45, 2.75) is 32.2 Å². The SMILES string of the molecule is CCC1(C)CCSC(=NCCN2CCOCC2)N1. The lowest BCUT2D eigenvalue weighted by Gasteiger charge is -2.35. The van der Waals surface area contributed by atoms with Gasteiger partial charge in [0.1, 0.15) is 0 Å². The third-order valence-electron chi connectivity index (χ3n) is 3.86. The minimum atomic E-state index is 0.253. The van der Waals surface area contributed by atoms with E-state index in [2.05, 4.69) is 24.1 Å². The van der Waals surface area contributed by atoms with E-state index in [0.29, 0.717) is 0 Å². The van der Waals surface area contributed by atoms with E-state index < -0.39 is 0 Å². The van der Waals surface area contributed by atoms with Crippen LogP contribution in [0.4, 0.5) is 0 Å². The van der Waals surface area contributed by atoms with Gasteiger partial charge in [0.2, 0.25) is 0 Å². The molecule has 5 heteroatoms. The molecule has 0 saturated carbocycles. The van der Waals surface area contributed by atoms with Crippen LogP contribution >= 0.6 is 11.8 Å². The Morgan fingerprint density at radius 3 is 2.94 bits per heavy atom. The van der Waals surface area contributed by atoms with Crippen molar-refractivity contribution in [3.8, 4) is 0 Å². The van der Waals surface area contributed by atoms with Crippen LogP contribution in [-0.2, 0) is 4.74 Å². The largest absolute Gasteiger partial charge is 0.379 e. The van der Waals surface area contributed by atoms with Gasteiger partial charge < -0.3 is 10.1 Å². The highest BCUT2D eigenvalue weighted by molar-refractivity contribution is 8.13. The second-order valence-corrected chi connectivity index (χ2v) is 6.36. The van der Waals surface area contributed by atoms with Crippen LogP contribution in [0.25, 0.3) is 0 Å². The number of aliphatic imine (C=N–C) groups is 1. The van der Waals surface area contributed by atoms with Crippen molar-refractivity contribution in [1.29, 1.82) is 0 Å². The Hall–Kier alpha value is -0.260. The molecule has 2 rings (SSSR count). The maximum Gasteiger partial charge on any atom is 0.157 e. The summed E-state index contributed by atoms with van der Waals surface area (Å²) in [5, 5.41) is 4.72. The number of rotatable bonds is 4. The van der Waals surface area contributed by atoms with Crippen molar-refractivity contribution in [3.63, 3.8) is 0 Å².